The topological polar surface area (TPSA) is 63.0 Å². The maximum absolute atomic E-state index is 9.21. The molecule has 1 aromatic carbocycles. The lowest BCUT2D eigenvalue weighted by Crippen LogP contribution is -1.88. The fourth-order valence-electron chi connectivity index (χ4n) is 2.18. The van der Waals surface area contributed by atoms with Gasteiger partial charge in [-0.3, -0.25) is 0 Å². The molecule has 0 saturated heterocycles. The summed E-state index contributed by atoms with van der Waals surface area (Å²) in [5.74, 6) is 0.837. The van der Waals surface area contributed by atoms with Crippen molar-refractivity contribution >= 4 is 17.0 Å². The molecule has 0 amide bonds. The van der Waals surface area contributed by atoms with Gasteiger partial charge in [0, 0.05) is 16.0 Å². The molecule has 0 radical (unpaired) electrons. The molecule has 4 heteroatoms. The molecule has 3 rings (SSSR count). The van der Waals surface area contributed by atoms with Crippen LogP contribution in [-0.2, 0) is 0 Å². The van der Waals surface area contributed by atoms with Gasteiger partial charge in [-0.2, -0.15) is 5.26 Å². The Hall–Kier alpha value is -2.51. The van der Waals surface area contributed by atoms with Gasteiger partial charge >= 0.3 is 0 Å². The van der Waals surface area contributed by atoms with Gasteiger partial charge < -0.3 is 10.2 Å². The molecule has 0 aliphatic heterocycles. The first-order chi connectivity index (χ1) is 9.70. The number of nitrogen functional groups attached to an aromatic ring is 1. The predicted octanol–water partition coefficient (Wildman–Crippen LogP) is 4.44. The van der Waals surface area contributed by atoms with E-state index >= 15 is 0 Å². The highest BCUT2D eigenvalue weighted by Gasteiger charge is 2.19. The Kier molecular flexibility index (Phi) is 3.05. The molecule has 0 unspecified atom stereocenters. The highest BCUT2D eigenvalue weighted by molar-refractivity contribution is 7.17. The number of furan rings is 1. The zero-order chi connectivity index (χ0) is 14.1. The van der Waals surface area contributed by atoms with Crippen molar-refractivity contribution in [2.75, 3.05) is 5.73 Å². The first-order valence-electron chi connectivity index (χ1n) is 6.14. The second kappa shape index (κ2) is 4.87. The number of nitriles is 1. The van der Waals surface area contributed by atoms with Crippen LogP contribution in [0.5, 0.6) is 0 Å². The molecular weight excluding hydrogens is 268 g/mol. The Bertz CT molecular complexity index is 794. The summed E-state index contributed by atoms with van der Waals surface area (Å²) in [6.07, 6.45) is 1.70. The Morgan fingerprint density at radius 2 is 1.95 bits per heavy atom. The maximum atomic E-state index is 9.21. The lowest BCUT2D eigenvalue weighted by molar-refractivity contribution is 0.535. The van der Waals surface area contributed by atoms with Gasteiger partial charge in [0.1, 0.15) is 16.7 Å². The zero-order valence-corrected chi connectivity index (χ0v) is 11.7. The molecule has 0 aliphatic carbocycles. The van der Waals surface area contributed by atoms with Crippen LogP contribution in [0.2, 0.25) is 0 Å². The molecule has 2 aromatic heterocycles. The summed E-state index contributed by atoms with van der Waals surface area (Å²) in [6.45, 7) is 1.90. The highest BCUT2D eigenvalue weighted by atomic mass is 32.1. The minimum Gasteiger partial charge on any atom is -0.469 e. The Labute approximate surface area is 120 Å². The molecule has 2 heterocycles. The summed E-state index contributed by atoms with van der Waals surface area (Å²) < 4.78 is 5.38. The largest absolute Gasteiger partial charge is 0.469 e. The fraction of sp³-hybridized carbons (Fsp3) is 0.0625. The molecule has 98 valence electrons. The number of hydrogen-bond donors (Lipinski definition) is 1. The minimum absolute atomic E-state index is 0.539. The summed E-state index contributed by atoms with van der Waals surface area (Å²) in [5, 5.41) is 9.21. The Balaban J connectivity index is 2.28. The molecular formula is C16H12N2OS. The third-order valence-corrected chi connectivity index (χ3v) is 4.26. The van der Waals surface area contributed by atoms with Crippen LogP contribution in [0.15, 0.2) is 47.1 Å². The van der Waals surface area contributed by atoms with Crippen LogP contribution in [0.3, 0.4) is 0 Å². The number of aryl methyl sites for hydroxylation is 1. The van der Waals surface area contributed by atoms with Gasteiger partial charge in [0.2, 0.25) is 0 Å². The number of nitrogens with zero attached hydrogens (tertiary/aromatic N) is 1. The van der Waals surface area contributed by atoms with E-state index in [1.807, 2.05) is 43.3 Å². The molecule has 0 aliphatic rings. The lowest BCUT2D eigenvalue weighted by Gasteiger charge is -2.03. The monoisotopic (exact) mass is 280 g/mol. The van der Waals surface area contributed by atoms with Crippen LogP contribution in [0, 0.1) is 18.3 Å². The van der Waals surface area contributed by atoms with E-state index in [-0.39, 0.29) is 0 Å². The van der Waals surface area contributed by atoms with Crippen molar-refractivity contribution in [2.45, 2.75) is 6.92 Å². The van der Waals surface area contributed by atoms with Gasteiger partial charge in [-0.05, 0) is 18.6 Å². The lowest BCUT2D eigenvalue weighted by atomic mass is 10.0. The molecule has 0 fully saturated rings. The van der Waals surface area contributed by atoms with E-state index in [9.17, 15) is 5.26 Å². The van der Waals surface area contributed by atoms with Crippen LogP contribution < -0.4 is 5.73 Å². The molecule has 0 atom stereocenters. The summed E-state index contributed by atoms with van der Waals surface area (Å²) in [7, 11) is 0. The second-order valence-corrected chi connectivity index (χ2v) is 5.49. The molecule has 3 nitrogen and oxygen atoms in total. The molecule has 0 spiro atoms. The van der Waals surface area contributed by atoms with E-state index in [2.05, 4.69) is 6.07 Å². The average Bonchev–Trinajstić information content (AvgIpc) is 3.03. The maximum Gasteiger partial charge on any atom is 0.129 e. The smallest absolute Gasteiger partial charge is 0.129 e. The standard InChI is InChI=1S/C16H12N2OS/c1-10-7-12(9-19-10)16-14(11-5-3-2-4-6-11)15(18)13(8-17)20-16/h2-7,9H,18H2,1H3. The van der Waals surface area contributed by atoms with E-state index in [1.165, 1.54) is 11.3 Å². The summed E-state index contributed by atoms with van der Waals surface area (Å²) in [6, 6.07) is 14.0. The van der Waals surface area contributed by atoms with Crippen molar-refractivity contribution in [1.82, 2.24) is 0 Å². The van der Waals surface area contributed by atoms with Gasteiger partial charge in [0.15, 0.2) is 0 Å². The highest BCUT2D eigenvalue weighted by Crippen LogP contribution is 2.45. The summed E-state index contributed by atoms with van der Waals surface area (Å²) >= 11 is 1.40. The number of benzene rings is 1. The number of hydrogen-bond acceptors (Lipinski definition) is 4. The SMILES string of the molecule is Cc1cc(-c2sc(C#N)c(N)c2-c2ccccc2)co1. The van der Waals surface area contributed by atoms with Crippen molar-refractivity contribution < 1.29 is 4.42 Å². The van der Waals surface area contributed by atoms with Crippen LogP contribution in [0.4, 0.5) is 5.69 Å². The van der Waals surface area contributed by atoms with Gasteiger partial charge in [-0.25, -0.2) is 0 Å². The van der Waals surface area contributed by atoms with Crippen molar-refractivity contribution in [2.24, 2.45) is 0 Å². The predicted molar refractivity (Wildman–Crippen MR) is 81.3 cm³/mol. The Morgan fingerprint density at radius 1 is 1.20 bits per heavy atom. The minimum atomic E-state index is 0.539. The van der Waals surface area contributed by atoms with E-state index in [0.717, 1.165) is 27.3 Å². The number of thiophene rings is 1. The summed E-state index contributed by atoms with van der Waals surface area (Å²) in [4.78, 5) is 1.51. The molecule has 3 aromatic rings. The number of anilines is 1. The van der Waals surface area contributed by atoms with E-state index < -0.39 is 0 Å². The van der Waals surface area contributed by atoms with Gasteiger partial charge in [0.25, 0.3) is 0 Å². The molecule has 0 saturated carbocycles. The third-order valence-electron chi connectivity index (χ3n) is 3.10. The van der Waals surface area contributed by atoms with Crippen molar-refractivity contribution in [3.63, 3.8) is 0 Å². The first-order valence-corrected chi connectivity index (χ1v) is 6.95. The quantitative estimate of drug-likeness (QED) is 0.755. The van der Waals surface area contributed by atoms with Gasteiger partial charge in [0.05, 0.1) is 12.0 Å². The molecule has 0 bridgehead atoms. The average molecular weight is 280 g/mol. The van der Waals surface area contributed by atoms with Crippen LogP contribution >= 0.6 is 11.3 Å². The summed E-state index contributed by atoms with van der Waals surface area (Å²) in [5.41, 5.74) is 9.57. The molecule has 20 heavy (non-hydrogen) atoms. The van der Waals surface area contributed by atoms with Crippen molar-refractivity contribution in [3.05, 3.63) is 53.3 Å². The van der Waals surface area contributed by atoms with Crippen LogP contribution in [0.25, 0.3) is 21.6 Å². The van der Waals surface area contributed by atoms with Crippen LogP contribution in [0.1, 0.15) is 10.6 Å². The number of rotatable bonds is 2. The van der Waals surface area contributed by atoms with Crippen LogP contribution in [-0.4, -0.2) is 0 Å². The third kappa shape index (κ3) is 1.98. The normalized spacial score (nSPS) is 10.4. The zero-order valence-electron chi connectivity index (χ0n) is 10.9. The van der Waals surface area contributed by atoms with Crippen molar-refractivity contribution in [3.8, 4) is 27.6 Å². The van der Waals surface area contributed by atoms with Gasteiger partial charge in [-0.15, -0.1) is 11.3 Å². The second-order valence-electron chi connectivity index (χ2n) is 4.47. The number of nitrogens with two attached hydrogens (primary N) is 1. The molecule has 2 N–H and O–H groups in total. The first kappa shape index (κ1) is 12.5. The van der Waals surface area contributed by atoms with Crippen molar-refractivity contribution in [1.29, 1.82) is 5.26 Å². The van der Waals surface area contributed by atoms with E-state index in [4.69, 9.17) is 10.2 Å². The van der Waals surface area contributed by atoms with E-state index in [0.29, 0.717) is 10.6 Å². The Morgan fingerprint density at radius 3 is 2.55 bits per heavy atom. The van der Waals surface area contributed by atoms with E-state index in [1.54, 1.807) is 6.26 Å². The fourth-order valence-corrected chi connectivity index (χ4v) is 3.20. The van der Waals surface area contributed by atoms with Gasteiger partial charge in [-0.1, -0.05) is 30.3 Å².